The lowest BCUT2D eigenvalue weighted by atomic mass is 9.88. The van der Waals surface area contributed by atoms with Gasteiger partial charge in [-0.25, -0.2) is 0 Å². The molecule has 0 radical (unpaired) electrons. The van der Waals surface area contributed by atoms with Gasteiger partial charge in [-0.1, -0.05) is 134 Å². The van der Waals surface area contributed by atoms with E-state index in [4.69, 9.17) is 0 Å². The Kier molecular flexibility index (Phi) is 10.0. The van der Waals surface area contributed by atoms with Crippen molar-refractivity contribution in [3.05, 3.63) is 191 Å². The third-order valence-electron chi connectivity index (χ3n) is 9.40. The van der Waals surface area contributed by atoms with Crippen LogP contribution in [0.2, 0.25) is 0 Å². The zero-order valence-electron chi connectivity index (χ0n) is 27.8. The van der Waals surface area contributed by atoms with Gasteiger partial charge in [-0.15, -0.1) is 22.7 Å². The van der Waals surface area contributed by atoms with Crippen LogP contribution in [0.1, 0.15) is 43.8 Å². The number of amides is 2. The lowest BCUT2D eigenvalue weighted by Gasteiger charge is -2.32. The smallest absolute Gasteiger partial charge is 0.246 e. The van der Waals surface area contributed by atoms with Crippen LogP contribution in [-0.4, -0.2) is 34.7 Å². The number of nitrogens with zero attached hydrogens (tertiary/aromatic N) is 2. The van der Waals surface area contributed by atoms with E-state index in [9.17, 15) is 9.59 Å². The molecule has 0 bridgehead atoms. The number of benzene rings is 4. The summed E-state index contributed by atoms with van der Waals surface area (Å²) < 4.78 is 0. The quantitative estimate of drug-likeness (QED) is 0.163. The van der Waals surface area contributed by atoms with Crippen LogP contribution in [0.4, 0.5) is 0 Å². The maximum atomic E-state index is 12.2. The molecule has 2 aliphatic rings. The number of thiophene rings is 2. The predicted octanol–water partition coefficient (Wildman–Crippen LogP) is 10.2. The highest BCUT2D eigenvalue weighted by atomic mass is 32.1. The molecule has 248 valence electrons. The van der Waals surface area contributed by atoms with Gasteiger partial charge >= 0.3 is 0 Å². The van der Waals surface area contributed by atoms with Crippen molar-refractivity contribution in [1.82, 2.24) is 9.80 Å². The first-order chi connectivity index (χ1) is 24.5. The molecule has 2 aromatic heterocycles. The van der Waals surface area contributed by atoms with Crippen molar-refractivity contribution in [2.24, 2.45) is 0 Å². The molecule has 50 heavy (non-hydrogen) atoms. The molecule has 4 nitrogen and oxygen atoms in total. The van der Waals surface area contributed by atoms with E-state index in [2.05, 4.69) is 122 Å². The number of fused-ring (bicyclic) bond motifs is 2. The first-order valence-electron chi connectivity index (χ1n) is 16.8. The Bertz CT molecular complexity index is 1950. The van der Waals surface area contributed by atoms with Gasteiger partial charge in [0.2, 0.25) is 11.8 Å². The summed E-state index contributed by atoms with van der Waals surface area (Å²) in [5, 5.41) is 0. The van der Waals surface area contributed by atoms with Crippen molar-refractivity contribution < 1.29 is 9.59 Å². The molecule has 6 aromatic rings. The largest absolute Gasteiger partial charge is 0.333 e. The maximum absolute atomic E-state index is 12.2. The van der Waals surface area contributed by atoms with Gasteiger partial charge < -0.3 is 9.80 Å². The lowest BCUT2D eigenvalue weighted by molar-refractivity contribution is -0.127. The fourth-order valence-electron chi connectivity index (χ4n) is 6.86. The Hall–Kier alpha value is -5.30. The number of hydrogen-bond donors (Lipinski definition) is 0. The summed E-state index contributed by atoms with van der Waals surface area (Å²) in [6.45, 7) is 10.0. The van der Waals surface area contributed by atoms with E-state index in [0.29, 0.717) is 26.2 Å². The maximum Gasteiger partial charge on any atom is 0.246 e. The number of rotatable bonds is 6. The summed E-state index contributed by atoms with van der Waals surface area (Å²) in [5.41, 5.74) is 7.67. The Morgan fingerprint density at radius 3 is 1.22 bits per heavy atom. The second kappa shape index (κ2) is 15.1. The van der Waals surface area contributed by atoms with Gasteiger partial charge in [0.25, 0.3) is 0 Å². The van der Waals surface area contributed by atoms with E-state index in [0.717, 1.165) is 0 Å². The molecule has 8 rings (SSSR count). The van der Waals surface area contributed by atoms with Crippen LogP contribution in [0.3, 0.4) is 0 Å². The van der Waals surface area contributed by atoms with E-state index >= 15 is 0 Å². The molecule has 0 unspecified atom stereocenters. The van der Waals surface area contributed by atoms with E-state index in [-0.39, 0.29) is 23.7 Å². The highest BCUT2D eigenvalue weighted by molar-refractivity contribution is 7.16. The van der Waals surface area contributed by atoms with Crippen LogP contribution in [-0.2, 0) is 22.7 Å². The van der Waals surface area contributed by atoms with Crippen LogP contribution in [0.15, 0.2) is 159 Å². The SMILES string of the molecule is C=CC(=O)N1Cc2sc(-c3ccccc3)cc2[C@@H](c2ccccc2)C1.C=CC(=O)N1Cc2sc(-c3ccccc3)cc2[C@H](c2ccccc2)C1. The average Bonchev–Trinajstić information content (AvgIpc) is 3.83. The summed E-state index contributed by atoms with van der Waals surface area (Å²) in [6.07, 6.45) is 2.83. The topological polar surface area (TPSA) is 40.6 Å². The van der Waals surface area contributed by atoms with Gasteiger partial charge in [-0.3, -0.25) is 9.59 Å². The third kappa shape index (κ3) is 7.04. The van der Waals surface area contributed by atoms with E-state index < -0.39 is 0 Å². The Balaban J connectivity index is 0.000000157. The predicted molar refractivity (Wildman–Crippen MR) is 207 cm³/mol. The monoisotopic (exact) mass is 690 g/mol. The van der Waals surface area contributed by atoms with Crippen molar-refractivity contribution in [2.75, 3.05) is 13.1 Å². The summed E-state index contributed by atoms with van der Waals surface area (Å²) >= 11 is 3.58. The lowest BCUT2D eigenvalue weighted by Crippen LogP contribution is -2.36. The number of carbonyl (C=O) groups excluding carboxylic acids is 2. The Morgan fingerprint density at radius 2 is 0.880 bits per heavy atom. The van der Waals surface area contributed by atoms with Gasteiger partial charge in [-0.05, 0) is 57.7 Å². The van der Waals surface area contributed by atoms with Crippen molar-refractivity contribution in [2.45, 2.75) is 24.9 Å². The van der Waals surface area contributed by atoms with Crippen molar-refractivity contribution >= 4 is 34.5 Å². The van der Waals surface area contributed by atoms with E-state index in [1.54, 1.807) is 22.7 Å². The molecule has 0 saturated carbocycles. The first-order valence-corrected chi connectivity index (χ1v) is 18.4. The van der Waals surface area contributed by atoms with Gasteiger partial charge in [0.1, 0.15) is 0 Å². The minimum Gasteiger partial charge on any atom is -0.333 e. The molecule has 4 heterocycles. The van der Waals surface area contributed by atoms with Gasteiger partial charge in [0.15, 0.2) is 0 Å². The van der Waals surface area contributed by atoms with Crippen LogP contribution < -0.4 is 0 Å². The minimum atomic E-state index is 0.00115. The minimum absolute atomic E-state index is 0.00115. The average molecular weight is 691 g/mol. The normalized spacial score (nSPS) is 16.3. The Morgan fingerprint density at radius 1 is 0.540 bits per heavy atom. The third-order valence-corrected chi connectivity index (χ3v) is 11.8. The zero-order chi connectivity index (χ0) is 34.5. The number of hydrogen-bond acceptors (Lipinski definition) is 4. The van der Waals surface area contributed by atoms with Crippen LogP contribution in [0.25, 0.3) is 20.9 Å². The van der Waals surface area contributed by atoms with E-state index in [1.807, 2.05) is 34.1 Å². The molecule has 2 amide bonds. The van der Waals surface area contributed by atoms with Crippen LogP contribution in [0, 0.1) is 0 Å². The molecule has 0 N–H and O–H groups in total. The Labute approximate surface area is 302 Å². The molecule has 0 saturated heterocycles. The molecular weight excluding hydrogens is 653 g/mol. The fraction of sp³-hybridized carbons (Fsp3) is 0.136. The van der Waals surface area contributed by atoms with Gasteiger partial charge in [0.05, 0.1) is 13.1 Å². The first kappa shape index (κ1) is 33.2. The van der Waals surface area contributed by atoms with Crippen molar-refractivity contribution in [3.63, 3.8) is 0 Å². The van der Waals surface area contributed by atoms with Gasteiger partial charge in [-0.2, -0.15) is 0 Å². The molecule has 0 aliphatic carbocycles. The zero-order valence-corrected chi connectivity index (χ0v) is 29.4. The second-order valence-corrected chi connectivity index (χ2v) is 14.8. The molecule has 0 fully saturated rings. The van der Waals surface area contributed by atoms with Crippen LogP contribution in [0.5, 0.6) is 0 Å². The molecule has 0 spiro atoms. The summed E-state index contributed by atoms with van der Waals surface area (Å²) in [4.78, 5) is 33.4. The summed E-state index contributed by atoms with van der Waals surface area (Å²) in [7, 11) is 0. The molecule has 2 aliphatic heterocycles. The summed E-state index contributed by atoms with van der Waals surface area (Å²) in [6, 6.07) is 46.4. The molecular formula is C44H38N2O2S2. The molecule has 4 aromatic carbocycles. The highest BCUT2D eigenvalue weighted by Gasteiger charge is 2.32. The van der Waals surface area contributed by atoms with Gasteiger partial charge in [0, 0.05) is 44.4 Å². The molecule has 6 heteroatoms. The molecule has 2 atom stereocenters. The number of carbonyl (C=O) groups is 2. The van der Waals surface area contributed by atoms with Crippen LogP contribution >= 0.6 is 22.7 Å². The fourth-order valence-corrected chi connectivity index (χ4v) is 9.35. The second-order valence-electron chi connectivity index (χ2n) is 12.5. The standard InChI is InChI=1S/2C22H19NOS/c2*1-2-22(24)23-14-19(16-9-5-3-6-10-16)18-13-20(25-21(18)15-23)17-11-7-4-8-12-17/h2*2-13,19H,1,14-15H2/t2*19-/m10/s1. The summed E-state index contributed by atoms with van der Waals surface area (Å²) in [5.74, 6) is 0.424. The van der Waals surface area contributed by atoms with Crippen molar-refractivity contribution in [1.29, 1.82) is 0 Å². The van der Waals surface area contributed by atoms with Crippen molar-refractivity contribution in [3.8, 4) is 20.9 Å². The highest BCUT2D eigenvalue weighted by Crippen LogP contribution is 2.43. The van der Waals surface area contributed by atoms with E-state index in [1.165, 1.54) is 65.0 Å².